The van der Waals surface area contributed by atoms with Gasteiger partial charge in [0.2, 0.25) is 0 Å². The Morgan fingerprint density at radius 2 is 1.52 bits per heavy atom. The van der Waals surface area contributed by atoms with E-state index < -0.39 is 0 Å². The second kappa shape index (κ2) is 20.2. The Bertz CT molecular complexity index is 414. The van der Waals surface area contributed by atoms with Crippen LogP contribution in [0.1, 0.15) is 71.7 Å². The molecule has 0 fully saturated rings. The maximum Gasteiger partial charge on any atom is 0.166 e. The summed E-state index contributed by atoms with van der Waals surface area (Å²) >= 11 is 0. The second-order valence-corrected chi connectivity index (χ2v) is 3.74. The molecule has 0 aromatic heterocycles. The smallest absolute Gasteiger partial charge is 0.166 e. The standard InChI is InChI=1S/C15H18O2.3C2H6/c1-4-6-12(5-2)11-15(16)13-7-9-14(17-3)10-8-13;3*1-2/h4,6-10H,1,5,11H2,2-3H3;3*1-2H3/b12-6+;;;. The number of rotatable bonds is 6. The molecular formula is C21H36O2. The second-order valence-electron chi connectivity index (χ2n) is 3.74. The Kier molecular flexibility index (Phi) is 22.9. The maximum atomic E-state index is 12.0. The molecule has 2 heteroatoms. The molecule has 1 rings (SSSR count). The molecule has 0 spiro atoms. The molecule has 0 unspecified atom stereocenters. The third kappa shape index (κ3) is 12.4. The molecule has 1 aromatic carbocycles. The van der Waals surface area contributed by atoms with E-state index in [9.17, 15) is 4.79 Å². The molecular weight excluding hydrogens is 284 g/mol. The SMILES string of the molecule is C=C/C=C(\CC)CC(=O)c1ccc(OC)cc1.CC.CC.CC. The largest absolute Gasteiger partial charge is 0.497 e. The van der Waals surface area contributed by atoms with Crippen molar-refractivity contribution < 1.29 is 9.53 Å². The van der Waals surface area contributed by atoms with E-state index in [0.717, 1.165) is 17.7 Å². The average Bonchev–Trinajstić information content (AvgIpc) is 2.66. The fourth-order valence-corrected chi connectivity index (χ4v) is 1.55. The van der Waals surface area contributed by atoms with Crippen molar-refractivity contribution in [2.75, 3.05) is 7.11 Å². The Morgan fingerprint density at radius 1 is 1.04 bits per heavy atom. The number of ether oxygens (including phenoxy) is 1. The zero-order valence-electron chi connectivity index (χ0n) is 16.4. The lowest BCUT2D eigenvalue weighted by Crippen LogP contribution is -2.00. The number of benzene rings is 1. The molecule has 0 N–H and O–H groups in total. The number of carbonyl (C=O) groups is 1. The highest BCUT2D eigenvalue weighted by atomic mass is 16.5. The predicted octanol–water partition coefficient (Wildman–Crippen LogP) is 6.87. The van der Waals surface area contributed by atoms with Crippen LogP contribution in [-0.4, -0.2) is 12.9 Å². The van der Waals surface area contributed by atoms with Gasteiger partial charge in [-0.25, -0.2) is 0 Å². The van der Waals surface area contributed by atoms with Crippen LogP contribution in [0.5, 0.6) is 5.75 Å². The summed E-state index contributed by atoms with van der Waals surface area (Å²) in [6.07, 6.45) is 4.95. The number of methoxy groups -OCH3 is 1. The number of carbonyl (C=O) groups excluding carboxylic acids is 1. The third-order valence-electron chi connectivity index (χ3n) is 2.61. The van der Waals surface area contributed by atoms with Gasteiger partial charge in [0.05, 0.1) is 7.11 Å². The summed E-state index contributed by atoms with van der Waals surface area (Å²) in [5, 5.41) is 0. The topological polar surface area (TPSA) is 26.3 Å². The van der Waals surface area contributed by atoms with Crippen LogP contribution in [0.4, 0.5) is 0 Å². The molecule has 0 radical (unpaired) electrons. The van der Waals surface area contributed by atoms with Crippen molar-refractivity contribution in [3.8, 4) is 5.75 Å². The van der Waals surface area contributed by atoms with Crippen molar-refractivity contribution in [1.82, 2.24) is 0 Å². The number of Topliss-reactive ketones (excluding diaryl/α,β-unsaturated/α-hetero) is 1. The van der Waals surface area contributed by atoms with Gasteiger partial charge in [-0.05, 0) is 30.7 Å². The van der Waals surface area contributed by atoms with Gasteiger partial charge in [-0.15, -0.1) is 0 Å². The molecule has 0 aliphatic rings. The molecule has 0 saturated heterocycles. The Labute approximate surface area is 144 Å². The summed E-state index contributed by atoms with van der Waals surface area (Å²) in [6.45, 7) is 17.7. The third-order valence-corrected chi connectivity index (χ3v) is 2.61. The monoisotopic (exact) mass is 320 g/mol. The zero-order chi connectivity index (χ0) is 18.7. The minimum absolute atomic E-state index is 0.127. The minimum Gasteiger partial charge on any atom is -0.497 e. The molecule has 0 saturated carbocycles. The lowest BCUT2D eigenvalue weighted by molar-refractivity contribution is 0.0992. The van der Waals surface area contributed by atoms with Crippen molar-refractivity contribution in [2.45, 2.75) is 61.3 Å². The first kappa shape index (κ1) is 26.1. The van der Waals surface area contributed by atoms with Crippen LogP contribution in [0.3, 0.4) is 0 Å². The maximum absolute atomic E-state index is 12.0. The van der Waals surface area contributed by atoms with Gasteiger partial charge < -0.3 is 4.74 Å². The number of ketones is 1. The van der Waals surface area contributed by atoms with E-state index >= 15 is 0 Å². The van der Waals surface area contributed by atoms with E-state index in [1.807, 2.05) is 54.5 Å². The van der Waals surface area contributed by atoms with Gasteiger partial charge in [-0.1, -0.05) is 72.8 Å². The number of hydrogen-bond acceptors (Lipinski definition) is 2. The Morgan fingerprint density at radius 3 is 1.87 bits per heavy atom. The lowest BCUT2D eigenvalue weighted by atomic mass is 10.0. The summed E-state index contributed by atoms with van der Waals surface area (Å²) in [7, 11) is 1.61. The van der Waals surface area contributed by atoms with Crippen LogP contribution in [0, 0.1) is 0 Å². The molecule has 0 aliphatic carbocycles. The first-order chi connectivity index (χ1) is 11.2. The Hall–Kier alpha value is -1.83. The van der Waals surface area contributed by atoms with Crippen LogP contribution in [0.2, 0.25) is 0 Å². The fourth-order valence-electron chi connectivity index (χ4n) is 1.55. The molecule has 0 amide bonds. The van der Waals surface area contributed by atoms with Crippen LogP contribution >= 0.6 is 0 Å². The summed E-state index contributed by atoms with van der Waals surface area (Å²) in [4.78, 5) is 12.0. The molecule has 0 aliphatic heterocycles. The van der Waals surface area contributed by atoms with E-state index in [0.29, 0.717) is 12.0 Å². The van der Waals surface area contributed by atoms with E-state index in [2.05, 4.69) is 6.58 Å². The average molecular weight is 321 g/mol. The highest BCUT2D eigenvalue weighted by molar-refractivity contribution is 5.97. The lowest BCUT2D eigenvalue weighted by Gasteiger charge is -2.04. The van der Waals surface area contributed by atoms with E-state index in [1.54, 1.807) is 37.5 Å². The first-order valence-corrected chi connectivity index (χ1v) is 8.69. The highest BCUT2D eigenvalue weighted by Crippen LogP contribution is 2.16. The molecule has 1 aromatic rings. The van der Waals surface area contributed by atoms with Crippen molar-refractivity contribution >= 4 is 5.78 Å². The highest BCUT2D eigenvalue weighted by Gasteiger charge is 2.07. The van der Waals surface area contributed by atoms with Gasteiger partial charge in [0.25, 0.3) is 0 Å². The van der Waals surface area contributed by atoms with Crippen LogP contribution in [0.25, 0.3) is 0 Å². The van der Waals surface area contributed by atoms with Gasteiger partial charge in [0.1, 0.15) is 5.75 Å². The normalized spacial score (nSPS) is 8.96. The molecule has 23 heavy (non-hydrogen) atoms. The molecule has 0 bridgehead atoms. The van der Waals surface area contributed by atoms with Gasteiger partial charge in [0.15, 0.2) is 5.78 Å². The van der Waals surface area contributed by atoms with E-state index in [-0.39, 0.29) is 5.78 Å². The first-order valence-electron chi connectivity index (χ1n) is 8.69. The molecule has 0 atom stereocenters. The minimum atomic E-state index is 0.127. The van der Waals surface area contributed by atoms with Crippen molar-refractivity contribution in [3.05, 3.63) is 54.1 Å². The van der Waals surface area contributed by atoms with Crippen LogP contribution < -0.4 is 4.74 Å². The summed E-state index contributed by atoms with van der Waals surface area (Å²) in [6, 6.07) is 7.19. The van der Waals surface area contributed by atoms with Crippen molar-refractivity contribution in [1.29, 1.82) is 0 Å². The molecule has 2 nitrogen and oxygen atoms in total. The van der Waals surface area contributed by atoms with Gasteiger partial charge in [0, 0.05) is 12.0 Å². The molecule has 132 valence electrons. The summed E-state index contributed by atoms with van der Waals surface area (Å²) in [5.74, 6) is 0.890. The zero-order valence-corrected chi connectivity index (χ0v) is 16.4. The number of allylic oxidation sites excluding steroid dienone is 3. The quantitative estimate of drug-likeness (QED) is 0.422. The van der Waals surface area contributed by atoms with Crippen molar-refractivity contribution in [2.24, 2.45) is 0 Å². The van der Waals surface area contributed by atoms with Gasteiger partial charge in [-0.3, -0.25) is 4.79 Å². The van der Waals surface area contributed by atoms with E-state index in [1.165, 1.54) is 0 Å². The fraction of sp³-hybridized carbons (Fsp3) is 0.476. The van der Waals surface area contributed by atoms with Crippen molar-refractivity contribution in [3.63, 3.8) is 0 Å². The van der Waals surface area contributed by atoms with Gasteiger partial charge >= 0.3 is 0 Å². The Balaban J connectivity index is -0.000000595. The predicted molar refractivity (Wildman–Crippen MR) is 105 cm³/mol. The van der Waals surface area contributed by atoms with Gasteiger partial charge in [-0.2, -0.15) is 0 Å². The summed E-state index contributed by atoms with van der Waals surface area (Å²) < 4.78 is 5.05. The number of hydrogen-bond donors (Lipinski definition) is 0. The molecule has 0 heterocycles. The van der Waals surface area contributed by atoms with Crippen LogP contribution in [0.15, 0.2) is 48.6 Å². The summed E-state index contributed by atoms with van der Waals surface area (Å²) in [5.41, 5.74) is 1.81. The van der Waals surface area contributed by atoms with Crippen LogP contribution in [-0.2, 0) is 0 Å². The van der Waals surface area contributed by atoms with E-state index in [4.69, 9.17) is 4.74 Å².